The van der Waals surface area contributed by atoms with Crippen LogP contribution in [-0.2, 0) is 9.63 Å². The van der Waals surface area contributed by atoms with Gasteiger partial charge in [0.05, 0.1) is 11.8 Å². The Morgan fingerprint density at radius 1 is 1.41 bits per heavy atom. The van der Waals surface area contributed by atoms with Gasteiger partial charge in [-0.25, -0.2) is 8.78 Å². The van der Waals surface area contributed by atoms with Crippen LogP contribution in [-0.4, -0.2) is 46.9 Å². The molecule has 0 spiro atoms. The van der Waals surface area contributed by atoms with Crippen molar-refractivity contribution in [2.45, 2.75) is 31.5 Å². The molecule has 2 aliphatic heterocycles. The minimum Gasteiger partial charge on any atom is -0.391 e. The number of amides is 1. The van der Waals surface area contributed by atoms with Crippen molar-refractivity contribution in [3.63, 3.8) is 0 Å². The van der Waals surface area contributed by atoms with Gasteiger partial charge in [0.1, 0.15) is 11.6 Å². The molecule has 2 unspecified atom stereocenters. The molecular formula is C15H16F2N2O3. The summed E-state index contributed by atoms with van der Waals surface area (Å²) in [5, 5.41) is 13.3. The van der Waals surface area contributed by atoms with Crippen molar-refractivity contribution in [2.75, 3.05) is 13.1 Å². The van der Waals surface area contributed by atoms with E-state index in [1.807, 2.05) is 0 Å². The molecular weight excluding hydrogens is 294 g/mol. The number of β-amino-alcohol motifs (C(OH)–C–C–N with tert-alkyl or cyclic N) is 1. The molecule has 3 rings (SSSR count). The fraction of sp³-hybridized carbons (Fsp3) is 0.467. The van der Waals surface area contributed by atoms with E-state index in [2.05, 4.69) is 5.16 Å². The van der Waals surface area contributed by atoms with Crippen LogP contribution in [0.15, 0.2) is 23.4 Å². The molecule has 118 valence electrons. The van der Waals surface area contributed by atoms with Crippen molar-refractivity contribution >= 4 is 11.6 Å². The summed E-state index contributed by atoms with van der Waals surface area (Å²) in [6.45, 7) is 0.821. The second kappa shape index (κ2) is 6.00. The quantitative estimate of drug-likeness (QED) is 0.899. The lowest BCUT2D eigenvalue weighted by Gasteiger charge is -2.31. The number of aliphatic hydroxyl groups excluding tert-OH is 1. The molecule has 0 bridgehead atoms. The molecule has 0 aliphatic carbocycles. The van der Waals surface area contributed by atoms with Gasteiger partial charge in [0.15, 0.2) is 0 Å². The SMILES string of the molecule is O=C(C1CC(c2cc(F)ccc2F)=NO1)N1CCCC(O)C1. The van der Waals surface area contributed by atoms with Crippen LogP contribution in [0.5, 0.6) is 0 Å². The molecule has 1 amide bonds. The molecule has 0 aromatic heterocycles. The van der Waals surface area contributed by atoms with Crippen LogP contribution in [0.2, 0.25) is 0 Å². The zero-order valence-electron chi connectivity index (χ0n) is 11.8. The van der Waals surface area contributed by atoms with Crippen LogP contribution in [0.3, 0.4) is 0 Å². The summed E-state index contributed by atoms with van der Waals surface area (Å²) in [6.07, 6.45) is 0.117. The third kappa shape index (κ3) is 2.94. The van der Waals surface area contributed by atoms with Crippen molar-refractivity contribution in [1.29, 1.82) is 0 Å². The zero-order valence-corrected chi connectivity index (χ0v) is 11.8. The molecule has 1 aromatic rings. The second-order valence-corrected chi connectivity index (χ2v) is 5.54. The number of oxime groups is 1. The molecule has 1 aromatic carbocycles. The normalized spacial score (nSPS) is 24.9. The Labute approximate surface area is 126 Å². The number of halogens is 2. The minimum atomic E-state index is -0.844. The molecule has 1 saturated heterocycles. The van der Waals surface area contributed by atoms with E-state index < -0.39 is 23.8 Å². The van der Waals surface area contributed by atoms with E-state index in [0.29, 0.717) is 13.0 Å². The average Bonchev–Trinajstić information content (AvgIpc) is 2.98. The third-order valence-corrected chi connectivity index (χ3v) is 3.89. The maximum atomic E-state index is 13.7. The number of likely N-dealkylation sites (tertiary alicyclic amines) is 1. The fourth-order valence-electron chi connectivity index (χ4n) is 2.75. The molecule has 7 heteroatoms. The van der Waals surface area contributed by atoms with Crippen molar-refractivity contribution in [2.24, 2.45) is 5.16 Å². The van der Waals surface area contributed by atoms with E-state index in [1.54, 1.807) is 0 Å². The monoisotopic (exact) mass is 310 g/mol. The molecule has 2 aliphatic rings. The Kier molecular flexibility index (Phi) is 4.06. The summed E-state index contributed by atoms with van der Waals surface area (Å²) in [7, 11) is 0. The van der Waals surface area contributed by atoms with Gasteiger partial charge in [0.25, 0.3) is 5.91 Å². The molecule has 1 fully saturated rings. The Bertz CT molecular complexity index is 621. The number of nitrogens with zero attached hydrogens (tertiary/aromatic N) is 2. The number of carbonyl (C=O) groups excluding carboxylic acids is 1. The topological polar surface area (TPSA) is 62.1 Å². The number of piperidine rings is 1. The highest BCUT2D eigenvalue weighted by Gasteiger charge is 2.35. The highest BCUT2D eigenvalue weighted by atomic mass is 19.1. The van der Waals surface area contributed by atoms with Crippen LogP contribution >= 0.6 is 0 Å². The molecule has 22 heavy (non-hydrogen) atoms. The fourth-order valence-corrected chi connectivity index (χ4v) is 2.75. The largest absolute Gasteiger partial charge is 0.391 e. The van der Waals surface area contributed by atoms with Crippen LogP contribution in [0.25, 0.3) is 0 Å². The van der Waals surface area contributed by atoms with Gasteiger partial charge in [-0.15, -0.1) is 0 Å². The number of hydrogen-bond acceptors (Lipinski definition) is 4. The lowest BCUT2D eigenvalue weighted by atomic mass is 10.0. The van der Waals surface area contributed by atoms with Gasteiger partial charge in [-0.2, -0.15) is 0 Å². The number of aliphatic hydroxyl groups is 1. The summed E-state index contributed by atoms with van der Waals surface area (Å²) >= 11 is 0. The Morgan fingerprint density at radius 3 is 3.00 bits per heavy atom. The maximum absolute atomic E-state index is 13.7. The van der Waals surface area contributed by atoms with Gasteiger partial charge in [-0.3, -0.25) is 4.79 Å². The lowest BCUT2D eigenvalue weighted by Crippen LogP contribution is -2.46. The molecule has 2 atom stereocenters. The summed E-state index contributed by atoms with van der Waals surface area (Å²) in [6, 6.07) is 3.07. The first-order valence-electron chi connectivity index (χ1n) is 7.19. The van der Waals surface area contributed by atoms with E-state index in [4.69, 9.17) is 4.84 Å². The second-order valence-electron chi connectivity index (χ2n) is 5.54. The molecule has 1 N–H and O–H groups in total. The highest BCUT2D eigenvalue weighted by Crippen LogP contribution is 2.22. The summed E-state index contributed by atoms with van der Waals surface area (Å²) in [5.74, 6) is -1.47. The van der Waals surface area contributed by atoms with Crippen LogP contribution in [0.4, 0.5) is 8.78 Å². The van der Waals surface area contributed by atoms with Crippen LogP contribution in [0, 0.1) is 11.6 Å². The van der Waals surface area contributed by atoms with Gasteiger partial charge in [0.2, 0.25) is 6.10 Å². The predicted octanol–water partition coefficient (Wildman–Crippen LogP) is 1.44. The highest BCUT2D eigenvalue weighted by molar-refractivity contribution is 6.04. The van der Waals surface area contributed by atoms with Crippen molar-refractivity contribution in [3.05, 3.63) is 35.4 Å². The first kappa shape index (κ1) is 14.9. The average molecular weight is 310 g/mol. The third-order valence-electron chi connectivity index (χ3n) is 3.89. The Balaban J connectivity index is 1.68. The van der Waals surface area contributed by atoms with Crippen molar-refractivity contribution in [1.82, 2.24) is 4.90 Å². The van der Waals surface area contributed by atoms with E-state index in [9.17, 15) is 18.7 Å². The van der Waals surface area contributed by atoms with E-state index in [0.717, 1.165) is 24.6 Å². The first-order valence-corrected chi connectivity index (χ1v) is 7.19. The number of rotatable bonds is 2. The minimum absolute atomic E-state index is 0.00831. The first-order chi connectivity index (χ1) is 10.5. The summed E-state index contributed by atoms with van der Waals surface area (Å²) in [5.41, 5.74) is 0.224. The summed E-state index contributed by atoms with van der Waals surface area (Å²) in [4.78, 5) is 18.9. The number of benzene rings is 1. The Hall–Kier alpha value is -2.02. The van der Waals surface area contributed by atoms with Crippen molar-refractivity contribution in [3.8, 4) is 0 Å². The van der Waals surface area contributed by atoms with E-state index >= 15 is 0 Å². The van der Waals surface area contributed by atoms with E-state index in [-0.39, 0.29) is 30.1 Å². The van der Waals surface area contributed by atoms with Gasteiger partial charge in [0, 0.05) is 25.1 Å². The molecule has 0 radical (unpaired) electrons. The molecule has 0 saturated carbocycles. The number of carbonyl (C=O) groups is 1. The van der Waals surface area contributed by atoms with Gasteiger partial charge < -0.3 is 14.8 Å². The van der Waals surface area contributed by atoms with Gasteiger partial charge >= 0.3 is 0 Å². The number of hydrogen-bond donors (Lipinski definition) is 1. The lowest BCUT2D eigenvalue weighted by molar-refractivity contribution is -0.145. The molecule has 2 heterocycles. The van der Waals surface area contributed by atoms with Crippen LogP contribution < -0.4 is 0 Å². The predicted molar refractivity (Wildman–Crippen MR) is 74.2 cm³/mol. The molecule has 5 nitrogen and oxygen atoms in total. The van der Waals surface area contributed by atoms with Crippen molar-refractivity contribution < 1.29 is 23.5 Å². The standard InChI is InChI=1S/C15H16F2N2O3/c16-9-3-4-12(17)11(6-9)13-7-14(22-18-13)15(21)19-5-1-2-10(20)8-19/h3-4,6,10,14,20H,1-2,5,7-8H2. The van der Waals surface area contributed by atoms with Crippen LogP contribution in [0.1, 0.15) is 24.8 Å². The summed E-state index contributed by atoms with van der Waals surface area (Å²) < 4.78 is 26.9. The zero-order chi connectivity index (χ0) is 15.7. The maximum Gasteiger partial charge on any atom is 0.266 e. The Morgan fingerprint density at radius 2 is 2.23 bits per heavy atom. The van der Waals surface area contributed by atoms with Gasteiger partial charge in [-0.1, -0.05) is 5.16 Å². The smallest absolute Gasteiger partial charge is 0.266 e. The van der Waals surface area contributed by atoms with E-state index in [1.165, 1.54) is 4.90 Å². The van der Waals surface area contributed by atoms with Gasteiger partial charge in [-0.05, 0) is 31.0 Å².